The number of carbonyl (C=O) groups is 2. The summed E-state index contributed by atoms with van der Waals surface area (Å²) in [6.07, 6.45) is 1.67. The summed E-state index contributed by atoms with van der Waals surface area (Å²) in [6.45, 7) is 4.87. The Morgan fingerprint density at radius 2 is 1.90 bits per heavy atom. The van der Waals surface area contributed by atoms with Crippen LogP contribution in [0.15, 0.2) is 60.8 Å². The van der Waals surface area contributed by atoms with Crippen LogP contribution in [0.2, 0.25) is 0 Å². The van der Waals surface area contributed by atoms with Crippen molar-refractivity contribution in [3.8, 4) is 11.4 Å². The van der Waals surface area contributed by atoms with E-state index in [-0.39, 0.29) is 18.3 Å². The van der Waals surface area contributed by atoms with Crippen LogP contribution in [0.1, 0.15) is 23.0 Å². The predicted octanol–water partition coefficient (Wildman–Crippen LogP) is 3.90. The molecule has 1 N–H and O–H groups in total. The SMILES string of the molecule is CCOC(=O)c1ccn(-c2cccc(NC(=O)N(C)CCOc3ccc(C)cc3)c2)n1. The summed E-state index contributed by atoms with van der Waals surface area (Å²) in [5.41, 5.74) is 2.71. The molecule has 2 aromatic carbocycles. The van der Waals surface area contributed by atoms with Gasteiger partial charge in [-0.15, -0.1) is 0 Å². The Morgan fingerprint density at radius 3 is 2.65 bits per heavy atom. The van der Waals surface area contributed by atoms with Crippen molar-refractivity contribution < 1.29 is 19.1 Å². The van der Waals surface area contributed by atoms with E-state index in [4.69, 9.17) is 9.47 Å². The Bertz CT molecular complexity index is 1030. The van der Waals surface area contributed by atoms with Gasteiger partial charge >= 0.3 is 12.0 Å². The van der Waals surface area contributed by atoms with E-state index >= 15 is 0 Å². The molecule has 0 radical (unpaired) electrons. The Balaban J connectivity index is 1.55. The first kappa shape index (κ1) is 21.9. The average Bonchev–Trinajstić information content (AvgIpc) is 3.26. The zero-order valence-corrected chi connectivity index (χ0v) is 17.9. The first-order chi connectivity index (χ1) is 15.0. The summed E-state index contributed by atoms with van der Waals surface area (Å²) in [5.74, 6) is 0.300. The van der Waals surface area contributed by atoms with Crippen molar-refractivity contribution in [2.24, 2.45) is 0 Å². The van der Waals surface area contributed by atoms with Gasteiger partial charge in [-0.3, -0.25) is 0 Å². The van der Waals surface area contributed by atoms with E-state index in [1.807, 2.05) is 37.3 Å². The minimum atomic E-state index is -0.472. The van der Waals surface area contributed by atoms with Crippen LogP contribution in [0.5, 0.6) is 5.75 Å². The number of likely N-dealkylation sites (N-methyl/N-ethyl adjacent to an activating group) is 1. The van der Waals surface area contributed by atoms with Gasteiger partial charge < -0.3 is 19.7 Å². The number of hydrogen-bond acceptors (Lipinski definition) is 5. The summed E-state index contributed by atoms with van der Waals surface area (Å²) in [5, 5.41) is 7.09. The number of urea groups is 1. The van der Waals surface area contributed by atoms with Gasteiger partial charge in [-0.1, -0.05) is 23.8 Å². The molecule has 0 fully saturated rings. The predicted molar refractivity (Wildman–Crippen MR) is 118 cm³/mol. The molecule has 0 aliphatic rings. The zero-order valence-electron chi connectivity index (χ0n) is 17.9. The molecule has 0 saturated carbocycles. The quantitative estimate of drug-likeness (QED) is 0.557. The van der Waals surface area contributed by atoms with Gasteiger partial charge in [0.1, 0.15) is 12.4 Å². The van der Waals surface area contributed by atoms with Crippen molar-refractivity contribution in [1.29, 1.82) is 0 Å². The van der Waals surface area contributed by atoms with Crippen molar-refractivity contribution in [2.45, 2.75) is 13.8 Å². The highest BCUT2D eigenvalue weighted by atomic mass is 16.5. The fourth-order valence-corrected chi connectivity index (χ4v) is 2.76. The second kappa shape index (κ2) is 10.3. The number of aromatic nitrogens is 2. The largest absolute Gasteiger partial charge is 0.492 e. The number of anilines is 1. The summed E-state index contributed by atoms with van der Waals surface area (Å²) < 4.78 is 12.2. The van der Waals surface area contributed by atoms with Gasteiger partial charge in [0.25, 0.3) is 0 Å². The number of carbonyl (C=O) groups excluding carboxylic acids is 2. The van der Waals surface area contributed by atoms with Crippen molar-refractivity contribution in [1.82, 2.24) is 14.7 Å². The number of rotatable bonds is 8. The number of ether oxygens (including phenoxy) is 2. The van der Waals surface area contributed by atoms with Crippen LogP contribution in [0.4, 0.5) is 10.5 Å². The number of aryl methyl sites for hydroxylation is 1. The standard InChI is InChI=1S/C23H26N4O4/c1-4-30-22(28)21-12-13-27(25-21)19-7-5-6-18(16-19)24-23(29)26(3)14-15-31-20-10-8-17(2)9-11-20/h5-13,16H,4,14-15H2,1-3H3,(H,24,29). The molecular weight excluding hydrogens is 396 g/mol. The highest BCUT2D eigenvalue weighted by Crippen LogP contribution is 2.16. The van der Waals surface area contributed by atoms with Gasteiger partial charge in [-0.05, 0) is 50.2 Å². The molecule has 1 aromatic heterocycles. The molecule has 3 rings (SSSR count). The van der Waals surface area contributed by atoms with E-state index in [1.165, 1.54) is 5.56 Å². The lowest BCUT2D eigenvalue weighted by Gasteiger charge is -2.18. The van der Waals surface area contributed by atoms with Crippen LogP contribution >= 0.6 is 0 Å². The molecule has 0 atom stereocenters. The Hall–Kier alpha value is -3.81. The monoisotopic (exact) mass is 422 g/mol. The minimum absolute atomic E-state index is 0.226. The lowest BCUT2D eigenvalue weighted by molar-refractivity contribution is 0.0519. The van der Waals surface area contributed by atoms with Gasteiger partial charge in [-0.25, -0.2) is 14.3 Å². The average molecular weight is 422 g/mol. The molecule has 0 saturated heterocycles. The molecular formula is C23H26N4O4. The van der Waals surface area contributed by atoms with Gasteiger partial charge in [-0.2, -0.15) is 5.10 Å². The normalized spacial score (nSPS) is 10.4. The number of nitrogens with zero attached hydrogens (tertiary/aromatic N) is 3. The van der Waals surface area contributed by atoms with Crippen LogP contribution < -0.4 is 10.1 Å². The molecule has 0 aliphatic carbocycles. The second-order valence-corrected chi connectivity index (χ2v) is 6.93. The third-order valence-electron chi connectivity index (χ3n) is 4.50. The van der Waals surface area contributed by atoms with E-state index in [0.29, 0.717) is 24.5 Å². The molecule has 1 heterocycles. The Morgan fingerprint density at radius 1 is 1.13 bits per heavy atom. The Labute approximate surface area is 181 Å². The van der Waals surface area contributed by atoms with Crippen LogP contribution in [0, 0.1) is 6.92 Å². The summed E-state index contributed by atoms with van der Waals surface area (Å²) in [4.78, 5) is 25.8. The van der Waals surface area contributed by atoms with Gasteiger partial charge in [0.05, 0.1) is 18.8 Å². The van der Waals surface area contributed by atoms with E-state index in [1.54, 1.807) is 54.0 Å². The van der Waals surface area contributed by atoms with Crippen molar-refractivity contribution in [3.05, 3.63) is 72.1 Å². The van der Waals surface area contributed by atoms with Crippen LogP contribution in [-0.4, -0.2) is 53.5 Å². The molecule has 8 nitrogen and oxygen atoms in total. The van der Waals surface area contributed by atoms with E-state index in [9.17, 15) is 9.59 Å². The van der Waals surface area contributed by atoms with E-state index < -0.39 is 5.97 Å². The smallest absolute Gasteiger partial charge is 0.358 e. The lowest BCUT2D eigenvalue weighted by atomic mass is 10.2. The van der Waals surface area contributed by atoms with Crippen molar-refractivity contribution in [3.63, 3.8) is 0 Å². The fourth-order valence-electron chi connectivity index (χ4n) is 2.76. The van der Waals surface area contributed by atoms with E-state index in [0.717, 1.165) is 5.75 Å². The molecule has 3 aromatic rings. The summed E-state index contributed by atoms with van der Waals surface area (Å²) >= 11 is 0. The first-order valence-corrected chi connectivity index (χ1v) is 10.0. The van der Waals surface area contributed by atoms with Crippen LogP contribution in [-0.2, 0) is 4.74 Å². The molecule has 0 unspecified atom stereocenters. The number of benzene rings is 2. The van der Waals surface area contributed by atoms with Crippen molar-refractivity contribution >= 4 is 17.7 Å². The molecule has 0 bridgehead atoms. The Kier molecular flexibility index (Phi) is 7.26. The van der Waals surface area contributed by atoms with Gasteiger partial charge in [0.2, 0.25) is 0 Å². The van der Waals surface area contributed by atoms with Crippen molar-refractivity contribution in [2.75, 3.05) is 32.1 Å². The zero-order chi connectivity index (χ0) is 22.2. The topological polar surface area (TPSA) is 85.7 Å². The third kappa shape index (κ3) is 6.08. The fraction of sp³-hybridized carbons (Fsp3) is 0.261. The lowest BCUT2D eigenvalue weighted by Crippen LogP contribution is -2.34. The maximum atomic E-state index is 12.5. The maximum absolute atomic E-state index is 12.5. The number of nitrogens with one attached hydrogen (secondary N) is 1. The summed E-state index contributed by atoms with van der Waals surface area (Å²) in [7, 11) is 1.71. The second-order valence-electron chi connectivity index (χ2n) is 6.93. The molecule has 0 spiro atoms. The molecule has 31 heavy (non-hydrogen) atoms. The first-order valence-electron chi connectivity index (χ1n) is 10.0. The number of hydrogen-bond donors (Lipinski definition) is 1. The van der Waals surface area contributed by atoms with Crippen LogP contribution in [0.25, 0.3) is 5.69 Å². The third-order valence-corrected chi connectivity index (χ3v) is 4.50. The molecule has 0 aliphatic heterocycles. The number of amides is 2. The highest BCUT2D eigenvalue weighted by Gasteiger charge is 2.12. The van der Waals surface area contributed by atoms with Gasteiger partial charge in [0, 0.05) is 18.9 Å². The number of esters is 1. The maximum Gasteiger partial charge on any atom is 0.358 e. The minimum Gasteiger partial charge on any atom is -0.492 e. The van der Waals surface area contributed by atoms with Crippen LogP contribution in [0.3, 0.4) is 0 Å². The summed E-state index contributed by atoms with van der Waals surface area (Å²) in [6, 6.07) is 16.3. The molecule has 162 valence electrons. The van der Waals surface area contributed by atoms with Gasteiger partial charge in [0.15, 0.2) is 5.69 Å². The highest BCUT2D eigenvalue weighted by molar-refractivity contribution is 5.89. The van der Waals surface area contributed by atoms with E-state index in [2.05, 4.69) is 10.4 Å². The molecule has 8 heteroatoms. The molecule has 2 amide bonds.